The lowest BCUT2D eigenvalue weighted by Crippen LogP contribution is -2.54. The third-order valence-corrected chi connectivity index (χ3v) is 7.18. The Morgan fingerprint density at radius 3 is 2.42 bits per heavy atom. The number of benzene rings is 1. The first kappa shape index (κ1) is 18.9. The first-order valence-electron chi connectivity index (χ1n) is 9.69. The van der Waals surface area contributed by atoms with E-state index in [4.69, 9.17) is 5.73 Å². The number of rotatable bonds is 3. The Kier molecular flexibility index (Phi) is 4.66. The summed E-state index contributed by atoms with van der Waals surface area (Å²) in [4.78, 5) is 25.5. The van der Waals surface area contributed by atoms with Crippen molar-refractivity contribution in [3.8, 4) is 5.75 Å². The van der Waals surface area contributed by atoms with Crippen LogP contribution in [0, 0.1) is 35.5 Å². The fourth-order valence-corrected chi connectivity index (χ4v) is 5.85. The van der Waals surface area contributed by atoms with Gasteiger partial charge in [0.15, 0.2) is 5.78 Å². The Labute approximate surface area is 156 Å². The quantitative estimate of drug-likeness (QED) is 0.795. The predicted molar refractivity (Wildman–Crippen MR) is 102 cm³/mol. The number of amides is 1. The van der Waals surface area contributed by atoms with Crippen LogP contribution in [0.3, 0.4) is 0 Å². The number of Topliss-reactive ketones (excluding diaryl/α,β-unsaturated/α-hetero) is 1. The van der Waals surface area contributed by atoms with E-state index < -0.39 is 0 Å². The first-order valence-corrected chi connectivity index (χ1v) is 9.69. The Morgan fingerprint density at radius 2 is 1.81 bits per heavy atom. The largest absolute Gasteiger partial charge is 0.508 e. The number of carbonyl (C=O) groups is 2. The molecule has 0 radical (unpaired) electrons. The van der Waals surface area contributed by atoms with Crippen LogP contribution in [0.1, 0.15) is 68.8 Å². The zero-order chi connectivity index (χ0) is 19.3. The van der Waals surface area contributed by atoms with Gasteiger partial charge in [0.2, 0.25) is 5.91 Å². The molecule has 4 atom stereocenters. The summed E-state index contributed by atoms with van der Waals surface area (Å²) >= 11 is 0. The summed E-state index contributed by atoms with van der Waals surface area (Å²) in [5.41, 5.74) is 7.04. The number of aryl methyl sites for hydroxylation is 1. The van der Waals surface area contributed by atoms with Gasteiger partial charge < -0.3 is 10.8 Å². The Bertz CT molecular complexity index is 719. The smallest absolute Gasteiger partial charge is 0.220 e. The number of hydrogen-bond acceptors (Lipinski definition) is 3. The molecule has 4 heteroatoms. The van der Waals surface area contributed by atoms with Gasteiger partial charge in [0.05, 0.1) is 0 Å². The first-order chi connectivity index (χ1) is 12.0. The van der Waals surface area contributed by atoms with Gasteiger partial charge in [-0.1, -0.05) is 27.2 Å². The number of carbonyl (C=O) groups excluding carboxylic acids is 2. The van der Waals surface area contributed by atoms with Crippen LogP contribution in [0.2, 0.25) is 0 Å². The maximum absolute atomic E-state index is 13.5. The van der Waals surface area contributed by atoms with Gasteiger partial charge in [0.25, 0.3) is 0 Å². The lowest BCUT2D eigenvalue weighted by molar-refractivity contribution is -0.131. The van der Waals surface area contributed by atoms with Crippen LogP contribution in [0.25, 0.3) is 0 Å². The van der Waals surface area contributed by atoms with Crippen molar-refractivity contribution in [3.63, 3.8) is 0 Å². The number of phenols is 1. The van der Waals surface area contributed by atoms with Crippen LogP contribution in [-0.2, 0) is 4.79 Å². The zero-order valence-electron chi connectivity index (χ0n) is 16.3. The third-order valence-electron chi connectivity index (χ3n) is 7.18. The van der Waals surface area contributed by atoms with Crippen molar-refractivity contribution in [1.82, 2.24) is 0 Å². The van der Waals surface area contributed by atoms with Gasteiger partial charge in [0.1, 0.15) is 5.75 Å². The maximum Gasteiger partial charge on any atom is 0.220 e. The fraction of sp³-hybridized carbons (Fsp3) is 0.636. The van der Waals surface area contributed by atoms with Crippen LogP contribution in [0.5, 0.6) is 5.75 Å². The van der Waals surface area contributed by atoms with Gasteiger partial charge in [-0.25, -0.2) is 0 Å². The number of hydrogen-bond donors (Lipinski definition) is 2. The minimum absolute atomic E-state index is 0.0418. The highest BCUT2D eigenvalue weighted by molar-refractivity contribution is 5.99. The second kappa shape index (κ2) is 6.40. The molecule has 0 aliphatic heterocycles. The molecule has 4 unspecified atom stereocenters. The molecule has 3 rings (SSSR count). The number of phenolic OH excluding ortho intramolecular Hbond substituents is 1. The highest BCUT2D eigenvalue weighted by Gasteiger charge is 2.56. The molecular weight excluding hydrogens is 326 g/mol. The van der Waals surface area contributed by atoms with E-state index in [1.54, 1.807) is 12.1 Å². The summed E-state index contributed by atoms with van der Waals surface area (Å²) in [7, 11) is 0. The SMILES string of the molecule is Cc1cc(O)cc(C(=O)C2CC(C(N)=O)CC3C(C)(C)CCCC23C)c1. The average molecular weight is 357 g/mol. The summed E-state index contributed by atoms with van der Waals surface area (Å²) in [5.74, 6) is -0.334. The standard InChI is InChI=1S/C22H31NO3/c1-13-8-14(10-16(24)9-13)19(25)17-11-15(20(23)26)12-18-21(2,3)6-5-7-22(17,18)4/h8-10,15,17-18,24H,5-7,11-12H2,1-4H3,(H2,23,26). The number of aromatic hydroxyl groups is 1. The number of primary amides is 1. The van der Waals surface area contributed by atoms with Gasteiger partial charge in [-0.05, 0) is 73.1 Å². The topological polar surface area (TPSA) is 80.4 Å². The lowest BCUT2D eigenvalue weighted by atomic mass is 9.46. The molecule has 0 spiro atoms. The minimum Gasteiger partial charge on any atom is -0.508 e. The van der Waals surface area contributed by atoms with Crippen LogP contribution in [0.4, 0.5) is 0 Å². The summed E-state index contributed by atoms with van der Waals surface area (Å²) < 4.78 is 0. The molecule has 1 aromatic rings. The van der Waals surface area contributed by atoms with Crippen molar-refractivity contribution < 1.29 is 14.7 Å². The zero-order valence-corrected chi connectivity index (χ0v) is 16.3. The normalized spacial score (nSPS) is 33.3. The maximum atomic E-state index is 13.5. The monoisotopic (exact) mass is 357 g/mol. The minimum atomic E-state index is -0.293. The molecule has 2 aliphatic rings. The van der Waals surface area contributed by atoms with E-state index in [0.29, 0.717) is 17.9 Å². The highest BCUT2D eigenvalue weighted by atomic mass is 16.3. The van der Waals surface area contributed by atoms with E-state index in [-0.39, 0.29) is 40.1 Å². The van der Waals surface area contributed by atoms with Crippen molar-refractivity contribution in [2.24, 2.45) is 34.3 Å². The van der Waals surface area contributed by atoms with Gasteiger partial charge in [-0.3, -0.25) is 9.59 Å². The Morgan fingerprint density at radius 1 is 1.12 bits per heavy atom. The summed E-state index contributed by atoms with van der Waals surface area (Å²) in [5, 5.41) is 9.93. The molecule has 0 aromatic heterocycles. The molecule has 0 bridgehead atoms. The summed E-state index contributed by atoms with van der Waals surface area (Å²) in [6.45, 7) is 8.63. The molecule has 142 valence electrons. The molecule has 4 nitrogen and oxygen atoms in total. The van der Waals surface area contributed by atoms with Gasteiger partial charge in [0, 0.05) is 17.4 Å². The molecule has 26 heavy (non-hydrogen) atoms. The van der Waals surface area contributed by atoms with Crippen LogP contribution in [-0.4, -0.2) is 16.8 Å². The van der Waals surface area contributed by atoms with Crippen molar-refractivity contribution in [1.29, 1.82) is 0 Å². The van der Waals surface area contributed by atoms with Crippen LogP contribution < -0.4 is 5.73 Å². The van der Waals surface area contributed by atoms with Crippen molar-refractivity contribution in [3.05, 3.63) is 29.3 Å². The molecule has 2 fully saturated rings. The number of nitrogens with two attached hydrogens (primary N) is 1. The molecule has 0 saturated heterocycles. The molecule has 2 saturated carbocycles. The molecular formula is C22H31NO3. The summed E-state index contributed by atoms with van der Waals surface area (Å²) in [6, 6.07) is 5.04. The van der Waals surface area contributed by atoms with E-state index >= 15 is 0 Å². The molecule has 0 heterocycles. The number of ketones is 1. The molecule has 2 aliphatic carbocycles. The van der Waals surface area contributed by atoms with Crippen molar-refractivity contribution in [2.75, 3.05) is 0 Å². The molecule has 1 aromatic carbocycles. The van der Waals surface area contributed by atoms with Crippen LogP contribution in [0.15, 0.2) is 18.2 Å². The molecule has 3 N–H and O–H groups in total. The number of fused-ring (bicyclic) bond motifs is 1. The van der Waals surface area contributed by atoms with E-state index in [1.165, 1.54) is 0 Å². The van der Waals surface area contributed by atoms with E-state index in [2.05, 4.69) is 20.8 Å². The highest BCUT2D eigenvalue weighted by Crippen LogP contribution is 2.61. The van der Waals surface area contributed by atoms with Gasteiger partial charge >= 0.3 is 0 Å². The van der Waals surface area contributed by atoms with E-state index in [1.807, 2.05) is 13.0 Å². The van der Waals surface area contributed by atoms with Crippen molar-refractivity contribution in [2.45, 2.75) is 59.8 Å². The van der Waals surface area contributed by atoms with E-state index in [9.17, 15) is 14.7 Å². The van der Waals surface area contributed by atoms with Gasteiger partial charge in [-0.15, -0.1) is 0 Å². The third kappa shape index (κ3) is 3.15. The van der Waals surface area contributed by atoms with Crippen molar-refractivity contribution >= 4 is 11.7 Å². The second-order valence-corrected chi connectivity index (χ2v) is 9.45. The molecule has 1 amide bonds. The van der Waals surface area contributed by atoms with E-state index in [0.717, 1.165) is 31.2 Å². The lowest BCUT2D eigenvalue weighted by Gasteiger charge is -2.58. The fourth-order valence-electron chi connectivity index (χ4n) is 5.85. The second-order valence-electron chi connectivity index (χ2n) is 9.45. The Hall–Kier alpha value is -1.84. The predicted octanol–water partition coefficient (Wildman–Crippen LogP) is 4.23. The summed E-state index contributed by atoms with van der Waals surface area (Å²) in [6.07, 6.45) is 4.52. The average Bonchev–Trinajstić information content (AvgIpc) is 2.52. The Balaban J connectivity index is 2.04. The van der Waals surface area contributed by atoms with Gasteiger partial charge in [-0.2, -0.15) is 0 Å². The van der Waals surface area contributed by atoms with Crippen LogP contribution >= 0.6 is 0 Å².